The Bertz CT molecular complexity index is 1050. The van der Waals surface area contributed by atoms with Gasteiger partial charge in [0.15, 0.2) is 4.87 Å². The molecular formula is C22H20FN3O2S. The van der Waals surface area contributed by atoms with Crippen molar-refractivity contribution < 1.29 is 14.0 Å². The fourth-order valence-corrected chi connectivity index (χ4v) is 5.46. The van der Waals surface area contributed by atoms with E-state index in [4.69, 9.17) is 5.26 Å². The number of halogens is 1. The third kappa shape index (κ3) is 2.99. The summed E-state index contributed by atoms with van der Waals surface area (Å²) < 4.78 is 14.2. The molecule has 7 heteroatoms. The molecule has 1 saturated heterocycles. The predicted molar refractivity (Wildman–Crippen MR) is 109 cm³/mol. The van der Waals surface area contributed by atoms with Gasteiger partial charge in [-0.1, -0.05) is 26.0 Å². The van der Waals surface area contributed by atoms with Crippen LogP contribution in [0.5, 0.6) is 0 Å². The summed E-state index contributed by atoms with van der Waals surface area (Å²) in [6.07, 6.45) is 0. The molecule has 0 radical (unpaired) electrons. The first-order chi connectivity index (χ1) is 13.9. The molecule has 2 aromatic carbocycles. The van der Waals surface area contributed by atoms with Crippen molar-refractivity contribution in [3.05, 3.63) is 65.0 Å². The molecule has 0 aliphatic carbocycles. The van der Waals surface area contributed by atoms with Crippen molar-refractivity contribution in [3.8, 4) is 6.07 Å². The number of rotatable bonds is 3. The summed E-state index contributed by atoms with van der Waals surface area (Å²) in [6, 6.07) is 13.5. The second-order valence-corrected chi connectivity index (χ2v) is 8.79. The quantitative estimate of drug-likeness (QED) is 0.777. The summed E-state index contributed by atoms with van der Waals surface area (Å²) in [5.41, 5.74) is 2.44. The van der Waals surface area contributed by atoms with Crippen LogP contribution < -0.4 is 4.90 Å². The molecule has 148 valence electrons. The zero-order valence-corrected chi connectivity index (χ0v) is 17.0. The molecule has 2 aromatic rings. The van der Waals surface area contributed by atoms with Crippen molar-refractivity contribution in [2.45, 2.75) is 25.3 Å². The average Bonchev–Trinajstić information content (AvgIpc) is 3.25. The van der Waals surface area contributed by atoms with Crippen LogP contribution in [0.1, 0.15) is 30.5 Å². The number of nitriles is 1. The highest BCUT2D eigenvalue weighted by molar-refractivity contribution is 8.01. The molecule has 0 saturated carbocycles. The lowest BCUT2D eigenvalue weighted by atomic mass is 10.0. The van der Waals surface area contributed by atoms with Gasteiger partial charge in [-0.2, -0.15) is 5.26 Å². The number of amides is 2. The molecule has 1 atom stereocenters. The average molecular weight is 409 g/mol. The van der Waals surface area contributed by atoms with Gasteiger partial charge in [-0.25, -0.2) is 4.39 Å². The Morgan fingerprint density at radius 2 is 2.10 bits per heavy atom. The fourth-order valence-electron chi connectivity index (χ4n) is 4.00. The number of thioether (sulfide) groups is 1. The van der Waals surface area contributed by atoms with Crippen molar-refractivity contribution in [2.75, 3.05) is 17.2 Å². The minimum atomic E-state index is -1.23. The summed E-state index contributed by atoms with van der Waals surface area (Å²) in [6.45, 7) is 4.30. The standard InChI is InChI=1S/C22H20FN3O2S/c1-14(2)20(27)26-8-9-29-22(26)18-11-17(23)6-7-19(18)25(21(22)28)13-16-5-3-4-15(10-16)12-24/h3-7,10-11,14H,8-9,13H2,1-2H3/t22-/m0/s1. The van der Waals surface area contributed by atoms with E-state index in [1.165, 1.54) is 23.9 Å². The Morgan fingerprint density at radius 1 is 1.31 bits per heavy atom. The third-order valence-electron chi connectivity index (χ3n) is 5.31. The molecule has 2 aliphatic rings. The van der Waals surface area contributed by atoms with Crippen LogP contribution in [0.4, 0.5) is 10.1 Å². The highest BCUT2D eigenvalue weighted by Crippen LogP contribution is 2.54. The van der Waals surface area contributed by atoms with Gasteiger partial charge in [0.1, 0.15) is 5.82 Å². The van der Waals surface area contributed by atoms with Gasteiger partial charge >= 0.3 is 0 Å². The second-order valence-electron chi connectivity index (χ2n) is 7.50. The normalized spacial score (nSPS) is 20.4. The zero-order chi connectivity index (χ0) is 20.8. The number of hydrogen-bond acceptors (Lipinski definition) is 4. The third-order valence-corrected chi connectivity index (χ3v) is 6.73. The minimum absolute atomic E-state index is 0.119. The Morgan fingerprint density at radius 3 is 2.83 bits per heavy atom. The van der Waals surface area contributed by atoms with Gasteiger partial charge in [0, 0.05) is 23.8 Å². The molecule has 0 aromatic heterocycles. The summed E-state index contributed by atoms with van der Waals surface area (Å²) in [5.74, 6) is -0.452. The first-order valence-corrected chi connectivity index (χ1v) is 10.4. The van der Waals surface area contributed by atoms with E-state index in [1.807, 2.05) is 6.07 Å². The van der Waals surface area contributed by atoms with E-state index >= 15 is 0 Å². The van der Waals surface area contributed by atoms with E-state index in [0.717, 1.165) is 5.56 Å². The molecule has 0 bridgehead atoms. The van der Waals surface area contributed by atoms with Gasteiger partial charge in [0.2, 0.25) is 5.91 Å². The number of carbonyl (C=O) groups is 2. The number of anilines is 1. The van der Waals surface area contributed by atoms with Gasteiger partial charge in [-0.15, -0.1) is 11.8 Å². The van der Waals surface area contributed by atoms with Crippen LogP contribution in [-0.4, -0.2) is 29.0 Å². The monoisotopic (exact) mass is 409 g/mol. The first kappa shape index (κ1) is 19.5. The largest absolute Gasteiger partial charge is 0.315 e. The molecule has 2 amide bonds. The second kappa shape index (κ2) is 7.20. The summed E-state index contributed by atoms with van der Waals surface area (Å²) in [5, 5.41) is 9.16. The number of hydrogen-bond donors (Lipinski definition) is 0. The minimum Gasteiger partial charge on any atom is -0.315 e. The summed E-state index contributed by atoms with van der Waals surface area (Å²) >= 11 is 1.38. The van der Waals surface area contributed by atoms with Crippen molar-refractivity contribution in [2.24, 2.45) is 5.92 Å². The van der Waals surface area contributed by atoms with Crippen molar-refractivity contribution in [3.63, 3.8) is 0 Å². The van der Waals surface area contributed by atoms with Crippen LogP contribution >= 0.6 is 11.8 Å². The van der Waals surface area contributed by atoms with Crippen molar-refractivity contribution >= 4 is 29.3 Å². The number of carbonyl (C=O) groups excluding carboxylic acids is 2. The maximum atomic E-state index is 14.2. The predicted octanol–water partition coefficient (Wildman–Crippen LogP) is 3.63. The molecule has 29 heavy (non-hydrogen) atoms. The molecule has 0 unspecified atom stereocenters. The van der Waals surface area contributed by atoms with E-state index in [1.54, 1.807) is 47.9 Å². The number of nitrogens with zero attached hydrogens (tertiary/aromatic N) is 3. The highest BCUT2D eigenvalue weighted by Gasteiger charge is 2.59. The van der Waals surface area contributed by atoms with Crippen LogP contribution in [0.2, 0.25) is 0 Å². The lowest BCUT2D eigenvalue weighted by molar-refractivity contribution is -0.142. The SMILES string of the molecule is CC(C)C(=O)N1CCS[C@@]12C(=O)N(Cc1cccc(C#N)c1)c1ccc(F)cc12. The Hall–Kier alpha value is -2.85. The number of fused-ring (bicyclic) bond motifs is 2. The Balaban J connectivity index is 1.81. The topological polar surface area (TPSA) is 64.4 Å². The molecular weight excluding hydrogens is 389 g/mol. The van der Waals surface area contributed by atoms with Crippen LogP contribution in [0, 0.1) is 23.1 Å². The van der Waals surface area contributed by atoms with Crippen molar-refractivity contribution in [1.82, 2.24) is 4.90 Å². The van der Waals surface area contributed by atoms with E-state index < -0.39 is 10.7 Å². The van der Waals surface area contributed by atoms with Crippen molar-refractivity contribution in [1.29, 1.82) is 5.26 Å². The number of benzene rings is 2. The van der Waals surface area contributed by atoms with Crippen LogP contribution in [0.3, 0.4) is 0 Å². The molecule has 1 fully saturated rings. The maximum Gasteiger partial charge on any atom is 0.268 e. The Kier molecular flexibility index (Phi) is 4.83. The molecule has 0 N–H and O–H groups in total. The van der Waals surface area contributed by atoms with E-state index in [9.17, 15) is 14.0 Å². The maximum absolute atomic E-state index is 14.2. The van der Waals surface area contributed by atoms with Gasteiger partial charge in [-0.3, -0.25) is 9.59 Å². The summed E-state index contributed by atoms with van der Waals surface area (Å²) in [4.78, 5) is 28.6. The molecule has 4 rings (SSSR count). The zero-order valence-electron chi connectivity index (χ0n) is 16.2. The van der Waals surface area contributed by atoms with Gasteiger partial charge < -0.3 is 9.80 Å². The van der Waals surface area contributed by atoms with Gasteiger partial charge in [-0.05, 0) is 35.9 Å². The highest BCUT2D eigenvalue weighted by atomic mass is 32.2. The van der Waals surface area contributed by atoms with Gasteiger partial charge in [0.05, 0.1) is 23.9 Å². The molecule has 2 heterocycles. The van der Waals surface area contributed by atoms with E-state index in [0.29, 0.717) is 29.1 Å². The Labute approximate surface area is 173 Å². The van der Waals surface area contributed by atoms with Crippen LogP contribution in [-0.2, 0) is 21.0 Å². The van der Waals surface area contributed by atoms with Crippen LogP contribution in [0.15, 0.2) is 42.5 Å². The first-order valence-electron chi connectivity index (χ1n) is 9.45. The smallest absolute Gasteiger partial charge is 0.268 e. The van der Waals surface area contributed by atoms with E-state index in [-0.39, 0.29) is 24.3 Å². The lowest BCUT2D eigenvalue weighted by Gasteiger charge is -2.34. The van der Waals surface area contributed by atoms with E-state index in [2.05, 4.69) is 6.07 Å². The fraction of sp³-hybridized carbons (Fsp3) is 0.318. The molecule has 1 spiro atoms. The molecule has 5 nitrogen and oxygen atoms in total. The molecule has 2 aliphatic heterocycles. The summed E-state index contributed by atoms with van der Waals surface area (Å²) in [7, 11) is 0. The lowest BCUT2D eigenvalue weighted by Crippen LogP contribution is -2.51. The van der Waals surface area contributed by atoms with Gasteiger partial charge in [0.25, 0.3) is 5.91 Å². The van der Waals surface area contributed by atoms with Crippen LogP contribution in [0.25, 0.3) is 0 Å².